The average Bonchev–Trinajstić information content (AvgIpc) is 2.14. The Morgan fingerprint density at radius 2 is 2.00 bits per heavy atom. The summed E-state index contributed by atoms with van der Waals surface area (Å²) in [5.41, 5.74) is 5.72. The van der Waals surface area contributed by atoms with E-state index in [1.165, 1.54) is 6.20 Å². The zero-order chi connectivity index (χ0) is 13.1. The fraction of sp³-hybridized carbons (Fsp3) is 0.500. The molecule has 1 rings (SSSR count). The van der Waals surface area contributed by atoms with Gasteiger partial charge in [0.1, 0.15) is 5.82 Å². The van der Waals surface area contributed by atoms with Crippen molar-refractivity contribution < 1.29 is 8.42 Å². The fourth-order valence-corrected chi connectivity index (χ4v) is 2.43. The molecular formula is C10H18N4O2S. The zero-order valence-electron chi connectivity index (χ0n) is 10.2. The molecule has 1 heterocycles. The molecule has 17 heavy (non-hydrogen) atoms. The van der Waals surface area contributed by atoms with Crippen LogP contribution in [0.5, 0.6) is 0 Å². The lowest BCUT2D eigenvalue weighted by molar-refractivity contribution is 0.494. The van der Waals surface area contributed by atoms with Crippen molar-refractivity contribution in [3.63, 3.8) is 0 Å². The van der Waals surface area contributed by atoms with Gasteiger partial charge in [-0.1, -0.05) is 6.07 Å². The zero-order valence-corrected chi connectivity index (χ0v) is 11.0. The fourth-order valence-electron chi connectivity index (χ4n) is 1.17. The predicted octanol–water partition coefficient (Wildman–Crippen LogP) is 0.585. The van der Waals surface area contributed by atoms with E-state index < -0.39 is 15.7 Å². The van der Waals surface area contributed by atoms with Crippen LogP contribution in [0.4, 0.5) is 5.82 Å². The van der Waals surface area contributed by atoms with E-state index in [1.807, 2.05) is 0 Å². The summed E-state index contributed by atoms with van der Waals surface area (Å²) in [6.07, 6.45) is 1.54. The van der Waals surface area contributed by atoms with Crippen molar-refractivity contribution >= 4 is 16.0 Å². The van der Waals surface area contributed by atoms with Gasteiger partial charge >= 0.3 is 10.2 Å². The van der Waals surface area contributed by atoms with Crippen LogP contribution in [0.25, 0.3) is 0 Å². The summed E-state index contributed by atoms with van der Waals surface area (Å²) in [4.78, 5) is 3.95. The lowest BCUT2D eigenvalue weighted by atomic mass is 10.1. The Hall–Kier alpha value is -1.18. The van der Waals surface area contributed by atoms with Crippen LogP contribution in [-0.2, 0) is 16.8 Å². The van der Waals surface area contributed by atoms with E-state index in [9.17, 15) is 8.42 Å². The van der Waals surface area contributed by atoms with Crippen molar-refractivity contribution in [2.24, 2.45) is 5.73 Å². The lowest BCUT2D eigenvalue weighted by Gasteiger charge is -2.20. The molecule has 0 saturated heterocycles. The molecule has 1 aromatic rings. The quantitative estimate of drug-likeness (QED) is 0.736. The second kappa shape index (κ2) is 4.99. The third kappa shape index (κ3) is 5.12. The maximum atomic E-state index is 11.7. The van der Waals surface area contributed by atoms with Gasteiger partial charge in [0, 0.05) is 18.3 Å². The maximum Gasteiger partial charge on any atom is 0.300 e. The lowest BCUT2D eigenvalue weighted by Crippen LogP contribution is -2.43. The number of aromatic nitrogens is 1. The van der Waals surface area contributed by atoms with Gasteiger partial charge in [-0.05, 0) is 32.4 Å². The van der Waals surface area contributed by atoms with Crippen molar-refractivity contribution in [3.8, 4) is 0 Å². The predicted molar refractivity (Wildman–Crippen MR) is 67.6 cm³/mol. The molecule has 96 valence electrons. The molecule has 4 N–H and O–H groups in total. The first-order valence-electron chi connectivity index (χ1n) is 5.18. The number of pyridine rings is 1. The largest absolute Gasteiger partial charge is 0.326 e. The highest BCUT2D eigenvalue weighted by molar-refractivity contribution is 7.90. The molecule has 0 aliphatic carbocycles. The molecule has 0 aliphatic heterocycles. The molecule has 0 unspecified atom stereocenters. The van der Waals surface area contributed by atoms with Crippen LogP contribution in [0.1, 0.15) is 26.3 Å². The van der Waals surface area contributed by atoms with Crippen molar-refractivity contribution in [1.82, 2.24) is 9.71 Å². The van der Waals surface area contributed by atoms with Gasteiger partial charge in [-0.25, -0.2) is 4.98 Å². The number of nitrogens with zero attached hydrogens (tertiary/aromatic N) is 1. The molecule has 0 aliphatic rings. The summed E-state index contributed by atoms with van der Waals surface area (Å²) < 4.78 is 28.2. The minimum absolute atomic E-state index is 0.263. The topological polar surface area (TPSA) is 97.1 Å². The van der Waals surface area contributed by atoms with Crippen molar-refractivity contribution in [2.45, 2.75) is 32.9 Å². The van der Waals surface area contributed by atoms with Gasteiger partial charge in [0.2, 0.25) is 0 Å². The second-order valence-electron chi connectivity index (χ2n) is 4.71. The van der Waals surface area contributed by atoms with Crippen molar-refractivity contribution in [3.05, 3.63) is 23.9 Å². The smallest absolute Gasteiger partial charge is 0.300 e. The van der Waals surface area contributed by atoms with E-state index in [4.69, 9.17) is 5.73 Å². The molecule has 0 spiro atoms. The molecule has 0 aromatic carbocycles. The molecule has 1 aromatic heterocycles. The molecule has 0 saturated carbocycles. The summed E-state index contributed by atoms with van der Waals surface area (Å²) in [6, 6.07) is 3.30. The molecule has 0 atom stereocenters. The van der Waals surface area contributed by atoms with Crippen LogP contribution in [-0.4, -0.2) is 18.9 Å². The molecule has 0 bridgehead atoms. The number of nitrogens with two attached hydrogens (primary N) is 1. The van der Waals surface area contributed by atoms with E-state index in [0.29, 0.717) is 6.54 Å². The Kier molecular flexibility index (Phi) is 4.07. The molecular weight excluding hydrogens is 240 g/mol. The van der Waals surface area contributed by atoms with E-state index in [2.05, 4.69) is 14.4 Å². The van der Waals surface area contributed by atoms with Gasteiger partial charge in [0.15, 0.2) is 0 Å². The van der Waals surface area contributed by atoms with Crippen LogP contribution in [0.2, 0.25) is 0 Å². The summed E-state index contributed by atoms with van der Waals surface area (Å²) in [6.45, 7) is 5.66. The van der Waals surface area contributed by atoms with Gasteiger partial charge in [-0.15, -0.1) is 0 Å². The molecule has 0 amide bonds. The minimum Gasteiger partial charge on any atom is -0.326 e. The van der Waals surface area contributed by atoms with Crippen LogP contribution in [0.15, 0.2) is 18.3 Å². The summed E-state index contributed by atoms with van der Waals surface area (Å²) in [7, 11) is -3.61. The highest BCUT2D eigenvalue weighted by Crippen LogP contribution is 2.08. The monoisotopic (exact) mass is 258 g/mol. The first-order valence-corrected chi connectivity index (χ1v) is 6.67. The first-order chi connectivity index (χ1) is 7.72. The van der Waals surface area contributed by atoms with Gasteiger partial charge in [-0.3, -0.25) is 4.72 Å². The second-order valence-corrected chi connectivity index (χ2v) is 6.13. The Balaban J connectivity index is 2.76. The van der Waals surface area contributed by atoms with Gasteiger partial charge < -0.3 is 5.73 Å². The Morgan fingerprint density at radius 3 is 2.41 bits per heavy atom. The van der Waals surface area contributed by atoms with Crippen LogP contribution >= 0.6 is 0 Å². The number of hydrogen-bond acceptors (Lipinski definition) is 4. The SMILES string of the molecule is CC(C)(C)NS(=O)(=O)Nc1ccc(CN)cn1. The third-order valence-electron chi connectivity index (χ3n) is 1.74. The molecule has 0 fully saturated rings. The standard InChI is InChI=1S/C10H18N4O2S/c1-10(2,3)14-17(15,16)13-9-5-4-8(6-11)7-12-9/h4-5,7,14H,6,11H2,1-3H3,(H,12,13). The highest BCUT2D eigenvalue weighted by atomic mass is 32.2. The number of hydrogen-bond donors (Lipinski definition) is 3. The van der Waals surface area contributed by atoms with E-state index in [-0.39, 0.29) is 5.82 Å². The molecule has 0 radical (unpaired) electrons. The Labute approximate surface area is 102 Å². The summed E-state index contributed by atoms with van der Waals surface area (Å²) in [5.74, 6) is 0.263. The number of anilines is 1. The average molecular weight is 258 g/mol. The molecule has 6 nitrogen and oxygen atoms in total. The van der Waals surface area contributed by atoms with E-state index >= 15 is 0 Å². The Morgan fingerprint density at radius 1 is 1.35 bits per heavy atom. The van der Waals surface area contributed by atoms with Crippen LogP contribution in [0, 0.1) is 0 Å². The van der Waals surface area contributed by atoms with E-state index in [1.54, 1.807) is 32.9 Å². The highest BCUT2D eigenvalue weighted by Gasteiger charge is 2.19. The number of nitrogens with one attached hydrogen (secondary N) is 2. The van der Waals surface area contributed by atoms with Gasteiger partial charge in [-0.2, -0.15) is 13.1 Å². The summed E-state index contributed by atoms with van der Waals surface area (Å²) >= 11 is 0. The first kappa shape index (κ1) is 13.9. The molecule has 7 heteroatoms. The number of rotatable bonds is 4. The van der Waals surface area contributed by atoms with Crippen LogP contribution < -0.4 is 15.2 Å². The van der Waals surface area contributed by atoms with Gasteiger partial charge in [0.05, 0.1) is 0 Å². The normalized spacial score (nSPS) is 12.5. The van der Waals surface area contributed by atoms with Crippen molar-refractivity contribution in [1.29, 1.82) is 0 Å². The maximum absolute atomic E-state index is 11.7. The van der Waals surface area contributed by atoms with Crippen molar-refractivity contribution in [2.75, 3.05) is 4.72 Å². The van der Waals surface area contributed by atoms with Crippen LogP contribution in [0.3, 0.4) is 0 Å². The van der Waals surface area contributed by atoms with E-state index in [0.717, 1.165) is 5.56 Å². The Bertz CT molecular complexity index is 462. The third-order valence-corrected chi connectivity index (χ3v) is 3.10. The summed E-state index contributed by atoms with van der Waals surface area (Å²) in [5, 5.41) is 0. The van der Waals surface area contributed by atoms with Gasteiger partial charge in [0.25, 0.3) is 0 Å². The minimum atomic E-state index is -3.61.